The third-order valence-corrected chi connectivity index (χ3v) is 6.36. The molecular formula is C16H20FNO5S. The number of amides is 1. The van der Waals surface area contributed by atoms with Crippen molar-refractivity contribution in [1.29, 1.82) is 0 Å². The van der Waals surface area contributed by atoms with Crippen LogP contribution in [-0.2, 0) is 19.4 Å². The normalized spacial score (nSPS) is 16.8. The van der Waals surface area contributed by atoms with Gasteiger partial charge in [0.25, 0.3) is 0 Å². The molecule has 0 saturated heterocycles. The number of rotatable bonds is 6. The van der Waals surface area contributed by atoms with Crippen molar-refractivity contribution in [3.63, 3.8) is 0 Å². The number of carbonyl (C=O) groups excluding carboxylic acids is 1. The van der Waals surface area contributed by atoms with Crippen LogP contribution in [0.1, 0.15) is 42.9 Å². The second-order valence-electron chi connectivity index (χ2n) is 6.06. The number of nitrogens with one attached hydrogen (secondary N) is 1. The third-order valence-electron chi connectivity index (χ3n) is 4.21. The summed E-state index contributed by atoms with van der Waals surface area (Å²) in [5, 5.41) is 11.0. The average Bonchev–Trinajstić information content (AvgIpc) is 3.02. The smallest absolute Gasteiger partial charge is 0.330 e. The quantitative estimate of drug-likeness (QED) is 0.808. The number of halogens is 1. The van der Waals surface area contributed by atoms with E-state index >= 15 is 0 Å². The van der Waals surface area contributed by atoms with Crippen molar-refractivity contribution < 1.29 is 27.5 Å². The van der Waals surface area contributed by atoms with E-state index < -0.39 is 44.6 Å². The second-order valence-corrected chi connectivity index (χ2v) is 8.34. The Balaban J connectivity index is 2.11. The zero-order valence-electron chi connectivity index (χ0n) is 13.3. The highest BCUT2D eigenvalue weighted by molar-refractivity contribution is 7.92. The molecule has 0 heterocycles. The van der Waals surface area contributed by atoms with E-state index in [1.54, 1.807) is 0 Å². The average molecular weight is 357 g/mol. The van der Waals surface area contributed by atoms with Gasteiger partial charge in [0, 0.05) is 0 Å². The number of hydrogen-bond acceptors (Lipinski definition) is 4. The first-order valence-corrected chi connectivity index (χ1v) is 9.42. The minimum atomic E-state index is -3.59. The molecule has 1 aliphatic rings. The number of hydrogen-bond donors (Lipinski definition) is 2. The maximum atomic E-state index is 13.3. The molecule has 0 aromatic heterocycles. The van der Waals surface area contributed by atoms with Gasteiger partial charge in [-0.2, -0.15) is 0 Å². The van der Waals surface area contributed by atoms with Gasteiger partial charge in [0.2, 0.25) is 5.91 Å². The van der Waals surface area contributed by atoms with E-state index in [9.17, 15) is 27.5 Å². The molecule has 1 aromatic carbocycles. The molecule has 1 aliphatic carbocycles. The van der Waals surface area contributed by atoms with Crippen LogP contribution in [0.2, 0.25) is 0 Å². The Labute approximate surface area is 140 Å². The lowest BCUT2D eigenvalue weighted by molar-refractivity contribution is -0.141. The van der Waals surface area contributed by atoms with E-state index in [0.29, 0.717) is 12.8 Å². The maximum Gasteiger partial charge on any atom is 0.330 e. The molecule has 132 valence electrons. The molecule has 0 bridgehead atoms. The van der Waals surface area contributed by atoms with Crippen molar-refractivity contribution in [2.45, 2.75) is 43.9 Å². The van der Waals surface area contributed by atoms with Crippen molar-refractivity contribution >= 4 is 21.7 Å². The van der Waals surface area contributed by atoms with Crippen molar-refractivity contribution in [1.82, 2.24) is 5.32 Å². The van der Waals surface area contributed by atoms with E-state index in [1.807, 2.05) is 0 Å². The fraction of sp³-hybridized carbons (Fsp3) is 0.500. The van der Waals surface area contributed by atoms with Gasteiger partial charge >= 0.3 is 5.97 Å². The molecule has 1 amide bonds. The van der Waals surface area contributed by atoms with Gasteiger partial charge in [-0.25, -0.2) is 17.6 Å². The summed E-state index contributed by atoms with van der Waals surface area (Å²) in [6.07, 6.45) is 2.71. The summed E-state index contributed by atoms with van der Waals surface area (Å²) in [7, 11) is -3.59. The van der Waals surface area contributed by atoms with Gasteiger partial charge in [-0.3, -0.25) is 4.79 Å². The van der Waals surface area contributed by atoms with E-state index in [0.717, 1.165) is 18.9 Å². The highest BCUT2D eigenvalue weighted by atomic mass is 32.2. The van der Waals surface area contributed by atoms with Gasteiger partial charge < -0.3 is 10.4 Å². The summed E-state index contributed by atoms with van der Waals surface area (Å²) < 4.78 is 37.7. The van der Waals surface area contributed by atoms with Crippen LogP contribution < -0.4 is 5.32 Å². The summed E-state index contributed by atoms with van der Waals surface area (Å²) in [5.74, 6) is -3.43. The number of aryl methyl sites for hydroxylation is 1. The van der Waals surface area contributed by atoms with Crippen molar-refractivity contribution in [3.05, 3.63) is 35.1 Å². The molecule has 0 aliphatic heterocycles. The molecule has 1 fully saturated rings. The summed E-state index contributed by atoms with van der Waals surface area (Å²) in [5.41, 5.74) is 0.430. The molecule has 1 unspecified atom stereocenters. The Morgan fingerprint density at radius 1 is 1.33 bits per heavy atom. The summed E-state index contributed by atoms with van der Waals surface area (Å²) in [6, 6.07) is 2.27. The summed E-state index contributed by atoms with van der Waals surface area (Å²) >= 11 is 0. The van der Waals surface area contributed by atoms with Gasteiger partial charge in [-0.1, -0.05) is 25.0 Å². The third kappa shape index (κ3) is 4.31. The Bertz CT molecular complexity index is 741. The zero-order chi connectivity index (χ0) is 17.9. The molecular weight excluding hydrogens is 337 g/mol. The highest BCUT2D eigenvalue weighted by Crippen LogP contribution is 2.25. The molecule has 2 N–H and O–H groups in total. The fourth-order valence-corrected chi connectivity index (χ4v) is 4.62. The fourth-order valence-electron chi connectivity index (χ4n) is 2.89. The van der Waals surface area contributed by atoms with Gasteiger partial charge in [-0.05, 0) is 37.0 Å². The van der Waals surface area contributed by atoms with Crippen LogP contribution in [0.5, 0.6) is 0 Å². The summed E-state index contributed by atoms with van der Waals surface area (Å²) in [4.78, 5) is 23.4. The maximum absolute atomic E-state index is 13.3. The van der Waals surface area contributed by atoms with E-state index in [-0.39, 0.29) is 11.1 Å². The number of carboxylic acids is 1. The van der Waals surface area contributed by atoms with Gasteiger partial charge in [0.1, 0.15) is 11.6 Å². The van der Waals surface area contributed by atoms with E-state index in [1.165, 1.54) is 19.1 Å². The molecule has 1 saturated carbocycles. The topological polar surface area (TPSA) is 101 Å². The standard InChI is InChI=1S/C16H20FNO5S/c1-10-8-11(6-7-13(10)17)15(16(20)21)18-14(19)9-24(22,23)12-4-2-3-5-12/h6-8,12,15H,2-5,9H2,1H3,(H,18,19)(H,20,21). The van der Waals surface area contributed by atoms with Crippen LogP contribution in [0.4, 0.5) is 4.39 Å². The lowest BCUT2D eigenvalue weighted by Gasteiger charge is -2.17. The van der Waals surface area contributed by atoms with Crippen LogP contribution in [0.3, 0.4) is 0 Å². The molecule has 0 spiro atoms. The number of sulfone groups is 1. The molecule has 8 heteroatoms. The van der Waals surface area contributed by atoms with Crippen molar-refractivity contribution in [2.75, 3.05) is 5.75 Å². The van der Waals surface area contributed by atoms with Gasteiger partial charge in [0.15, 0.2) is 15.9 Å². The SMILES string of the molecule is Cc1cc(C(NC(=O)CS(=O)(=O)C2CCCC2)C(=O)O)ccc1F. The minimum Gasteiger partial charge on any atom is -0.479 e. The first-order valence-electron chi connectivity index (χ1n) is 7.70. The monoisotopic (exact) mass is 357 g/mol. The number of benzene rings is 1. The Morgan fingerprint density at radius 3 is 2.50 bits per heavy atom. The lowest BCUT2D eigenvalue weighted by atomic mass is 10.0. The predicted molar refractivity (Wildman–Crippen MR) is 85.7 cm³/mol. The molecule has 2 rings (SSSR count). The molecule has 1 aromatic rings. The van der Waals surface area contributed by atoms with Crippen LogP contribution in [0.25, 0.3) is 0 Å². The first-order chi connectivity index (χ1) is 11.2. The number of carboxylic acid groups (broad SMARTS) is 1. The van der Waals surface area contributed by atoms with Crippen LogP contribution >= 0.6 is 0 Å². The number of aliphatic carboxylic acids is 1. The van der Waals surface area contributed by atoms with Crippen molar-refractivity contribution in [3.8, 4) is 0 Å². The largest absolute Gasteiger partial charge is 0.479 e. The van der Waals surface area contributed by atoms with Crippen molar-refractivity contribution in [2.24, 2.45) is 0 Å². The lowest BCUT2D eigenvalue weighted by Crippen LogP contribution is -2.39. The minimum absolute atomic E-state index is 0.188. The molecule has 0 radical (unpaired) electrons. The Morgan fingerprint density at radius 2 is 1.96 bits per heavy atom. The Hall–Kier alpha value is -1.96. The van der Waals surface area contributed by atoms with Crippen LogP contribution in [0, 0.1) is 12.7 Å². The predicted octanol–water partition coefficient (Wildman–Crippen LogP) is 1.73. The van der Waals surface area contributed by atoms with Crippen LogP contribution in [-0.4, -0.2) is 36.4 Å². The van der Waals surface area contributed by atoms with E-state index in [4.69, 9.17) is 0 Å². The second kappa shape index (κ2) is 7.29. The van der Waals surface area contributed by atoms with E-state index in [2.05, 4.69) is 5.32 Å². The molecule has 1 atom stereocenters. The Kier molecular flexibility index (Phi) is 5.58. The molecule has 24 heavy (non-hydrogen) atoms. The van der Waals surface area contributed by atoms with Crippen LogP contribution in [0.15, 0.2) is 18.2 Å². The van der Waals surface area contributed by atoms with Gasteiger partial charge in [0.05, 0.1) is 5.25 Å². The zero-order valence-corrected chi connectivity index (χ0v) is 14.1. The summed E-state index contributed by atoms with van der Waals surface area (Å²) in [6.45, 7) is 1.48. The number of carbonyl (C=O) groups is 2. The highest BCUT2D eigenvalue weighted by Gasteiger charge is 2.32. The van der Waals surface area contributed by atoms with Gasteiger partial charge in [-0.15, -0.1) is 0 Å². The molecule has 6 nitrogen and oxygen atoms in total. The first kappa shape index (κ1) is 18.4.